The maximum atomic E-state index is 12.9. The lowest BCUT2D eigenvalue weighted by atomic mass is 10.0. The number of ether oxygens (including phenoxy) is 1. The molecule has 1 fully saturated rings. The summed E-state index contributed by atoms with van der Waals surface area (Å²) in [6, 6.07) is 15.8. The highest BCUT2D eigenvalue weighted by atomic mass is 79.9. The molecule has 2 amide bonds. The van der Waals surface area contributed by atoms with E-state index < -0.39 is 29.0 Å². The van der Waals surface area contributed by atoms with Gasteiger partial charge in [0, 0.05) is 4.47 Å². The van der Waals surface area contributed by atoms with Crippen LogP contribution in [0.3, 0.4) is 0 Å². The Bertz CT molecular complexity index is 784. The standard InChI is InChI=1S/C18H15Br2NO4/c19-13-9-5-4-8-12(13)16(22)15(20)17(23)21-14(10-25-18(21)24)11-6-2-1-3-7-11/h1-9,14-16,22H,10H2/t14-,15+,16+/m1/s1. The van der Waals surface area contributed by atoms with Gasteiger partial charge in [-0.2, -0.15) is 0 Å². The number of halogens is 2. The number of carbonyl (C=O) groups is 2. The number of cyclic esters (lactones) is 1. The Kier molecular flexibility index (Phi) is 5.56. The molecule has 1 N–H and O–H groups in total. The highest BCUT2D eigenvalue weighted by Crippen LogP contribution is 2.34. The van der Waals surface area contributed by atoms with Crippen LogP contribution in [-0.4, -0.2) is 33.4 Å². The number of imide groups is 1. The van der Waals surface area contributed by atoms with E-state index in [9.17, 15) is 14.7 Å². The lowest BCUT2D eigenvalue weighted by Crippen LogP contribution is -2.41. The predicted molar refractivity (Wildman–Crippen MR) is 99.2 cm³/mol. The molecule has 0 bridgehead atoms. The van der Waals surface area contributed by atoms with Gasteiger partial charge in [0.2, 0.25) is 5.91 Å². The first-order valence-electron chi connectivity index (χ1n) is 7.62. The van der Waals surface area contributed by atoms with Gasteiger partial charge in [0.25, 0.3) is 0 Å². The summed E-state index contributed by atoms with van der Waals surface area (Å²) in [4.78, 5) is 25.1. The second-order valence-electron chi connectivity index (χ2n) is 5.58. The Labute approximate surface area is 161 Å². The normalized spacial score (nSPS) is 19.4. The van der Waals surface area contributed by atoms with Crippen molar-refractivity contribution in [2.24, 2.45) is 0 Å². The van der Waals surface area contributed by atoms with Crippen LogP contribution in [0.5, 0.6) is 0 Å². The lowest BCUT2D eigenvalue weighted by molar-refractivity contribution is -0.130. The van der Waals surface area contributed by atoms with Crippen LogP contribution in [0.15, 0.2) is 59.1 Å². The fraction of sp³-hybridized carbons (Fsp3) is 0.222. The van der Waals surface area contributed by atoms with E-state index >= 15 is 0 Å². The van der Waals surface area contributed by atoms with Gasteiger partial charge in [-0.15, -0.1) is 0 Å². The van der Waals surface area contributed by atoms with Gasteiger partial charge >= 0.3 is 6.09 Å². The van der Waals surface area contributed by atoms with Crippen LogP contribution in [0.1, 0.15) is 23.3 Å². The molecule has 7 heteroatoms. The van der Waals surface area contributed by atoms with E-state index in [1.807, 2.05) is 36.4 Å². The third-order valence-corrected chi connectivity index (χ3v) is 5.65. The number of alkyl halides is 1. The van der Waals surface area contributed by atoms with Crippen LogP contribution in [0.4, 0.5) is 4.79 Å². The smallest absolute Gasteiger partial charge is 0.417 e. The van der Waals surface area contributed by atoms with Crippen molar-refractivity contribution >= 4 is 43.9 Å². The summed E-state index contributed by atoms with van der Waals surface area (Å²) in [7, 11) is 0. The molecule has 0 spiro atoms. The van der Waals surface area contributed by atoms with Crippen LogP contribution in [-0.2, 0) is 9.53 Å². The summed E-state index contributed by atoms with van der Waals surface area (Å²) in [5.74, 6) is -0.542. The average molecular weight is 469 g/mol. The van der Waals surface area contributed by atoms with Crippen LogP contribution in [0.2, 0.25) is 0 Å². The molecule has 0 saturated carbocycles. The van der Waals surface area contributed by atoms with E-state index in [2.05, 4.69) is 31.9 Å². The molecule has 1 heterocycles. The molecule has 1 saturated heterocycles. The number of aliphatic hydroxyl groups excluding tert-OH is 1. The molecule has 2 aromatic rings. The van der Waals surface area contributed by atoms with Crippen molar-refractivity contribution in [1.82, 2.24) is 4.90 Å². The molecule has 0 aromatic heterocycles. The van der Waals surface area contributed by atoms with Gasteiger partial charge in [-0.3, -0.25) is 4.79 Å². The van der Waals surface area contributed by atoms with Crippen LogP contribution in [0.25, 0.3) is 0 Å². The minimum atomic E-state index is -1.12. The van der Waals surface area contributed by atoms with Crippen molar-refractivity contribution in [3.8, 4) is 0 Å². The van der Waals surface area contributed by atoms with Crippen molar-refractivity contribution < 1.29 is 19.4 Å². The number of hydrogen-bond donors (Lipinski definition) is 1. The first kappa shape index (κ1) is 18.1. The Balaban J connectivity index is 1.85. The maximum Gasteiger partial charge on any atom is 0.417 e. The zero-order valence-corrected chi connectivity index (χ0v) is 16.2. The third kappa shape index (κ3) is 3.63. The van der Waals surface area contributed by atoms with Gasteiger partial charge in [0.05, 0.1) is 0 Å². The Morgan fingerprint density at radius 3 is 2.48 bits per heavy atom. The van der Waals surface area contributed by atoms with Gasteiger partial charge in [0.15, 0.2) is 0 Å². The Morgan fingerprint density at radius 2 is 1.80 bits per heavy atom. The lowest BCUT2D eigenvalue weighted by Gasteiger charge is -2.25. The molecule has 0 aliphatic carbocycles. The number of aliphatic hydroxyl groups is 1. The van der Waals surface area contributed by atoms with Gasteiger partial charge in [-0.25, -0.2) is 9.69 Å². The second-order valence-corrected chi connectivity index (χ2v) is 7.42. The molecule has 130 valence electrons. The maximum absolute atomic E-state index is 12.9. The fourth-order valence-corrected chi connectivity index (χ4v) is 3.75. The van der Waals surface area contributed by atoms with Gasteiger partial charge < -0.3 is 9.84 Å². The monoisotopic (exact) mass is 467 g/mol. The molecular weight excluding hydrogens is 454 g/mol. The number of carbonyl (C=O) groups excluding carboxylic acids is 2. The van der Waals surface area contributed by atoms with Crippen molar-refractivity contribution in [3.05, 3.63) is 70.2 Å². The minimum absolute atomic E-state index is 0.0967. The molecule has 0 radical (unpaired) electrons. The first-order valence-corrected chi connectivity index (χ1v) is 9.33. The first-order chi connectivity index (χ1) is 12.0. The summed E-state index contributed by atoms with van der Waals surface area (Å²) in [6.45, 7) is 0.0967. The van der Waals surface area contributed by atoms with Crippen LogP contribution < -0.4 is 0 Å². The predicted octanol–water partition coefficient (Wildman–Crippen LogP) is 3.97. The Morgan fingerprint density at radius 1 is 1.16 bits per heavy atom. The van der Waals surface area contributed by atoms with E-state index in [1.54, 1.807) is 18.2 Å². The fourth-order valence-electron chi connectivity index (χ4n) is 2.73. The second kappa shape index (κ2) is 7.68. The number of rotatable bonds is 4. The molecule has 1 aliphatic rings. The number of nitrogens with zero attached hydrogens (tertiary/aromatic N) is 1. The van der Waals surface area contributed by atoms with E-state index in [0.29, 0.717) is 10.0 Å². The van der Waals surface area contributed by atoms with Crippen molar-refractivity contribution in [3.63, 3.8) is 0 Å². The number of hydrogen-bond acceptors (Lipinski definition) is 4. The van der Waals surface area contributed by atoms with E-state index in [0.717, 1.165) is 10.5 Å². The van der Waals surface area contributed by atoms with Gasteiger partial charge in [-0.05, 0) is 17.2 Å². The number of amides is 2. The SMILES string of the molecule is O=C1OC[C@H](c2ccccc2)N1C(=O)[C@@H](Br)[C@@H](O)c1ccccc1Br. The highest BCUT2D eigenvalue weighted by molar-refractivity contribution is 9.10. The van der Waals surface area contributed by atoms with Gasteiger partial charge in [-0.1, -0.05) is 80.4 Å². The summed E-state index contributed by atoms with van der Waals surface area (Å²) in [5.41, 5.74) is 1.36. The molecule has 1 aliphatic heterocycles. The summed E-state index contributed by atoms with van der Waals surface area (Å²) in [6.07, 6.45) is -1.82. The Hall–Kier alpha value is -1.70. The molecule has 0 unspecified atom stereocenters. The molecule has 2 aromatic carbocycles. The van der Waals surface area contributed by atoms with E-state index in [-0.39, 0.29) is 6.61 Å². The van der Waals surface area contributed by atoms with E-state index in [1.165, 1.54) is 0 Å². The third-order valence-electron chi connectivity index (χ3n) is 4.03. The average Bonchev–Trinajstić information content (AvgIpc) is 3.02. The largest absolute Gasteiger partial charge is 0.446 e. The van der Waals surface area contributed by atoms with Crippen molar-refractivity contribution in [1.29, 1.82) is 0 Å². The van der Waals surface area contributed by atoms with Crippen LogP contribution >= 0.6 is 31.9 Å². The summed E-state index contributed by atoms with van der Waals surface area (Å²) in [5, 5.41) is 10.6. The minimum Gasteiger partial charge on any atom is -0.446 e. The number of benzene rings is 2. The molecule has 3 atom stereocenters. The molecule has 25 heavy (non-hydrogen) atoms. The van der Waals surface area contributed by atoms with Crippen molar-refractivity contribution in [2.45, 2.75) is 17.0 Å². The van der Waals surface area contributed by atoms with Gasteiger partial charge in [0.1, 0.15) is 23.6 Å². The molecular formula is C18H15Br2NO4. The highest BCUT2D eigenvalue weighted by Gasteiger charge is 2.43. The topological polar surface area (TPSA) is 66.8 Å². The quantitative estimate of drug-likeness (QED) is 0.689. The zero-order chi connectivity index (χ0) is 18.0. The summed E-state index contributed by atoms with van der Waals surface area (Å²) >= 11 is 6.61. The van der Waals surface area contributed by atoms with E-state index in [4.69, 9.17) is 4.74 Å². The zero-order valence-electron chi connectivity index (χ0n) is 13.0. The van der Waals surface area contributed by atoms with Crippen molar-refractivity contribution in [2.75, 3.05) is 6.61 Å². The van der Waals surface area contributed by atoms with Crippen LogP contribution in [0, 0.1) is 0 Å². The molecule has 5 nitrogen and oxygen atoms in total. The summed E-state index contributed by atoms with van der Waals surface area (Å²) < 4.78 is 5.75. The molecule has 3 rings (SSSR count).